The van der Waals surface area contributed by atoms with E-state index < -0.39 is 5.54 Å². The van der Waals surface area contributed by atoms with E-state index in [1.54, 1.807) is 6.92 Å². The maximum atomic E-state index is 11.6. The van der Waals surface area contributed by atoms with E-state index in [0.717, 1.165) is 18.5 Å². The topological polar surface area (TPSA) is 70.1 Å². The summed E-state index contributed by atoms with van der Waals surface area (Å²) < 4.78 is 6.72. The number of aryl methyl sites for hydroxylation is 2. The van der Waals surface area contributed by atoms with Gasteiger partial charge >= 0.3 is 5.97 Å². The summed E-state index contributed by atoms with van der Waals surface area (Å²) in [5.41, 5.74) is 7.28. The molecule has 0 aromatic carbocycles. The Hall–Kier alpha value is -1.36. The summed E-state index contributed by atoms with van der Waals surface area (Å²) in [7, 11) is 1.36. The van der Waals surface area contributed by atoms with Gasteiger partial charge in [-0.3, -0.25) is 9.48 Å². The number of carbonyl (C=O) groups is 1. The minimum absolute atomic E-state index is 0.0596. The lowest BCUT2D eigenvalue weighted by Crippen LogP contribution is -2.47. The maximum absolute atomic E-state index is 11.6. The molecule has 0 fully saturated rings. The molecule has 0 saturated heterocycles. The number of ether oxygens (including phenoxy) is 1. The van der Waals surface area contributed by atoms with E-state index >= 15 is 0 Å². The van der Waals surface area contributed by atoms with Crippen LogP contribution in [0.1, 0.15) is 51.5 Å². The standard InChI is InChI=1S/C14H25N3O2/c1-6-11-8-12(7-2)17(16-11)10(3)9-14(4,15)13(18)19-5/h8,10H,6-7,9,15H2,1-5H3. The van der Waals surface area contributed by atoms with Gasteiger partial charge in [0.2, 0.25) is 0 Å². The van der Waals surface area contributed by atoms with Gasteiger partial charge in [0.05, 0.1) is 18.8 Å². The monoisotopic (exact) mass is 267 g/mol. The number of carbonyl (C=O) groups excluding carboxylic acids is 1. The Kier molecular flexibility index (Phi) is 5.11. The molecule has 1 rings (SSSR count). The lowest BCUT2D eigenvalue weighted by atomic mass is 9.95. The molecule has 2 unspecified atom stereocenters. The van der Waals surface area contributed by atoms with E-state index in [-0.39, 0.29) is 12.0 Å². The highest BCUT2D eigenvalue weighted by atomic mass is 16.5. The number of methoxy groups -OCH3 is 1. The Morgan fingerprint density at radius 2 is 2.16 bits per heavy atom. The van der Waals surface area contributed by atoms with Gasteiger partial charge in [-0.2, -0.15) is 5.10 Å². The van der Waals surface area contributed by atoms with Gasteiger partial charge in [0.25, 0.3) is 0 Å². The van der Waals surface area contributed by atoms with Gasteiger partial charge in [0.15, 0.2) is 0 Å². The van der Waals surface area contributed by atoms with Crippen LogP contribution in [0.25, 0.3) is 0 Å². The molecule has 0 radical (unpaired) electrons. The molecule has 2 atom stereocenters. The second-order valence-electron chi connectivity index (χ2n) is 5.24. The minimum Gasteiger partial charge on any atom is -0.468 e. The van der Waals surface area contributed by atoms with E-state index in [2.05, 4.69) is 25.0 Å². The molecule has 2 N–H and O–H groups in total. The van der Waals surface area contributed by atoms with E-state index in [1.165, 1.54) is 12.8 Å². The largest absolute Gasteiger partial charge is 0.468 e. The fourth-order valence-corrected chi connectivity index (χ4v) is 2.33. The van der Waals surface area contributed by atoms with Crippen LogP contribution in [0.4, 0.5) is 0 Å². The van der Waals surface area contributed by atoms with Crippen molar-refractivity contribution < 1.29 is 9.53 Å². The normalized spacial score (nSPS) is 15.9. The Balaban J connectivity index is 2.91. The van der Waals surface area contributed by atoms with Gasteiger partial charge in [-0.1, -0.05) is 13.8 Å². The molecule has 19 heavy (non-hydrogen) atoms. The molecule has 0 bridgehead atoms. The van der Waals surface area contributed by atoms with Crippen molar-refractivity contribution in [3.63, 3.8) is 0 Å². The summed E-state index contributed by atoms with van der Waals surface area (Å²) in [5, 5.41) is 4.58. The van der Waals surface area contributed by atoms with Crippen LogP contribution in [0.2, 0.25) is 0 Å². The molecule has 5 heteroatoms. The third-order valence-electron chi connectivity index (χ3n) is 3.38. The quantitative estimate of drug-likeness (QED) is 0.799. The lowest BCUT2D eigenvalue weighted by molar-refractivity contribution is -0.147. The maximum Gasteiger partial charge on any atom is 0.325 e. The molecular formula is C14H25N3O2. The van der Waals surface area contributed by atoms with Crippen LogP contribution < -0.4 is 5.73 Å². The lowest BCUT2D eigenvalue weighted by Gasteiger charge is -2.26. The van der Waals surface area contributed by atoms with Gasteiger partial charge < -0.3 is 10.5 Å². The van der Waals surface area contributed by atoms with Crippen molar-refractivity contribution in [1.29, 1.82) is 0 Å². The number of nitrogens with zero attached hydrogens (tertiary/aromatic N) is 2. The summed E-state index contributed by atoms with van der Waals surface area (Å²) in [4.78, 5) is 11.6. The van der Waals surface area contributed by atoms with Crippen LogP contribution in [0.3, 0.4) is 0 Å². The number of rotatable bonds is 6. The van der Waals surface area contributed by atoms with Crippen LogP contribution in [0.15, 0.2) is 6.07 Å². The molecule has 1 aromatic rings. The molecule has 0 spiro atoms. The average molecular weight is 267 g/mol. The molecule has 0 saturated carbocycles. The molecule has 108 valence electrons. The first-order valence-electron chi connectivity index (χ1n) is 6.80. The summed E-state index contributed by atoms with van der Waals surface area (Å²) in [6, 6.07) is 2.17. The van der Waals surface area contributed by atoms with Gasteiger partial charge in [0, 0.05) is 5.69 Å². The van der Waals surface area contributed by atoms with Crippen molar-refractivity contribution in [2.75, 3.05) is 7.11 Å². The number of hydrogen-bond donors (Lipinski definition) is 1. The van der Waals surface area contributed by atoms with Crippen LogP contribution in [0, 0.1) is 0 Å². The summed E-state index contributed by atoms with van der Waals surface area (Å²) in [6.45, 7) is 7.91. The number of aromatic nitrogens is 2. The third kappa shape index (κ3) is 3.56. The Morgan fingerprint density at radius 1 is 1.53 bits per heavy atom. The van der Waals surface area contributed by atoms with Crippen LogP contribution in [-0.2, 0) is 22.4 Å². The van der Waals surface area contributed by atoms with Crippen molar-refractivity contribution in [3.05, 3.63) is 17.5 Å². The van der Waals surface area contributed by atoms with Gasteiger partial charge in [-0.25, -0.2) is 0 Å². The molecule has 0 aliphatic rings. The molecule has 0 amide bonds. The Bertz CT molecular complexity index is 438. The number of hydrogen-bond acceptors (Lipinski definition) is 4. The highest BCUT2D eigenvalue weighted by molar-refractivity contribution is 5.79. The van der Waals surface area contributed by atoms with Crippen molar-refractivity contribution in [3.8, 4) is 0 Å². The van der Waals surface area contributed by atoms with Gasteiger partial charge in [0.1, 0.15) is 5.54 Å². The van der Waals surface area contributed by atoms with Gasteiger partial charge in [-0.15, -0.1) is 0 Å². The van der Waals surface area contributed by atoms with Crippen molar-refractivity contribution in [1.82, 2.24) is 9.78 Å². The van der Waals surface area contributed by atoms with Gasteiger partial charge in [-0.05, 0) is 39.2 Å². The van der Waals surface area contributed by atoms with Crippen molar-refractivity contribution in [2.24, 2.45) is 5.73 Å². The molecule has 1 aromatic heterocycles. The highest BCUT2D eigenvalue weighted by Gasteiger charge is 2.32. The first-order valence-corrected chi connectivity index (χ1v) is 6.80. The first kappa shape index (κ1) is 15.7. The number of nitrogens with two attached hydrogens (primary N) is 1. The fourth-order valence-electron chi connectivity index (χ4n) is 2.33. The van der Waals surface area contributed by atoms with Crippen LogP contribution in [-0.4, -0.2) is 28.4 Å². The molecule has 0 aliphatic carbocycles. The zero-order valence-corrected chi connectivity index (χ0v) is 12.6. The van der Waals surface area contributed by atoms with E-state index in [0.29, 0.717) is 6.42 Å². The highest BCUT2D eigenvalue weighted by Crippen LogP contribution is 2.22. The van der Waals surface area contributed by atoms with E-state index in [4.69, 9.17) is 10.5 Å². The van der Waals surface area contributed by atoms with Crippen molar-refractivity contribution >= 4 is 5.97 Å². The zero-order valence-electron chi connectivity index (χ0n) is 12.6. The molecular weight excluding hydrogens is 242 g/mol. The van der Waals surface area contributed by atoms with Crippen LogP contribution >= 0.6 is 0 Å². The predicted octanol–water partition coefficient (Wildman–Crippen LogP) is 1.85. The summed E-state index contributed by atoms with van der Waals surface area (Å²) in [5.74, 6) is -0.389. The average Bonchev–Trinajstić information content (AvgIpc) is 2.80. The molecule has 1 heterocycles. The smallest absolute Gasteiger partial charge is 0.325 e. The van der Waals surface area contributed by atoms with Crippen molar-refractivity contribution in [2.45, 2.75) is 58.5 Å². The predicted molar refractivity (Wildman–Crippen MR) is 74.9 cm³/mol. The summed E-state index contributed by atoms with van der Waals surface area (Å²) >= 11 is 0. The Labute approximate surface area is 115 Å². The second-order valence-corrected chi connectivity index (χ2v) is 5.24. The van der Waals surface area contributed by atoms with Crippen LogP contribution in [0.5, 0.6) is 0 Å². The molecule has 0 aliphatic heterocycles. The van der Waals surface area contributed by atoms with E-state index in [9.17, 15) is 4.79 Å². The fraction of sp³-hybridized carbons (Fsp3) is 0.714. The minimum atomic E-state index is -0.989. The first-order chi connectivity index (χ1) is 8.85. The third-order valence-corrected chi connectivity index (χ3v) is 3.38. The molecule has 5 nitrogen and oxygen atoms in total. The SMILES string of the molecule is CCc1cc(CC)n(C(C)CC(C)(N)C(=O)OC)n1. The Morgan fingerprint density at radius 3 is 2.63 bits per heavy atom. The number of esters is 1. The van der Waals surface area contributed by atoms with E-state index in [1.807, 2.05) is 11.6 Å². The zero-order chi connectivity index (χ0) is 14.6. The second kappa shape index (κ2) is 6.19. The summed E-state index contributed by atoms with van der Waals surface area (Å²) in [6.07, 6.45) is 2.32.